The number of hydrogen-bond donors (Lipinski definition) is 3. The van der Waals surface area contributed by atoms with Crippen LogP contribution in [0.15, 0.2) is 42.5 Å². The Balaban J connectivity index is 1.30. The number of hydrogen-bond acceptors (Lipinski definition) is 7. The van der Waals surface area contributed by atoms with Crippen LogP contribution >= 0.6 is 11.3 Å². The fourth-order valence-corrected chi connectivity index (χ4v) is 4.91. The van der Waals surface area contributed by atoms with Gasteiger partial charge in [-0.2, -0.15) is 0 Å². The predicted octanol–water partition coefficient (Wildman–Crippen LogP) is 3.42. The van der Waals surface area contributed by atoms with E-state index in [4.69, 9.17) is 10.5 Å². The second kappa shape index (κ2) is 8.01. The van der Waals surface area contributed by atoms with Crippen molar-refractivity contribution in [2.75, 3.05) is 24.7 Å². The first-order chi connectivity index (χ1) is 15.1. The van der Waals surface area contributed by atoms with Gasteiger partial charge >= 0.3 is 0 Å². The lowest BCUT2D eigenvalue weighted by molar-refractivity contribution is 0.102. The van der Waals surface area contributed by atoms with E-state index >= 15 is 0 Å². The lowest BCUT2D eigenvalue weighted by atomic mass is 10.1. The highest BCUT2D eigenvalue weighted by atomic mass is 32.1. The van der Waals surface area contributed by atoms with Crippen LogP contribution < -0.4 is 15.8 Å². The minimum absolute atomic E-state index is 0.239. The monoisotopic (exact) mass is 434 g/mol. The summed E-state index contributed by atoms with van der Waals surface area (Å²) >= 11 is 1.53. The molecule has 0 atom stereocenters. The normalized spacial score (nSPS) is 13.8. The number of thiazole rings is 1. The molecule has 5 rings (SSSR count). The number of imidazole rings is 1. The van der Waals surface area contributed by atoms with Crippen LogP contribution in [0.1, 0.15) is 26.5 Å². The largest absolute Gasteiger partial charge is 0.497 e. The van der Waals surface area contributed by atoms with Crippen molar-refractivity contribution in [3.63, 3.8) is 0 Å². The summed E-state index contributed by atoms with van der Waals surface area (Å²) in [5, 5.41) is 3.55. The number of rotatable bonds is 5. The zero-order valence-corrected chi connectivity index (χ0v) is 17.8. The van der Waals surface area contributed by atoms with Gasteiger partial charge in [0.1, 0.15) is 11.3 Å². The van der Waals surface area contributed by atoms with E-state index < -0.39 is 0 Å². The van der Waals surface area contributed by atoms with E-state index in [2.05, 4.69) is 37.3 Å². The van der Waals surface area contributed by atoms with Gasteiger partial charge in [0.2, 0.25) is 0 Å². The Bertz CT molecular complexity index is 1260. The highest BCUT2D eigenvalue weighted by molar-refractivity contribution is 7.15. The van der Waals surface area contributed by atoms with Crippen molar-refractivity contribution in [3.05, 3.63) is 64.2 Å². The fourth-order valence-electron chi connectivity index (χ4n) is 3.86. The van der Waals surface area contributed by atoms with E-state index in [0.717, 1.165) is 43.0 Å². The van der Waals surface area contributed by atoms with Gasteiger partial charge in [0.25, 0.3) is 5.91 Å². The van der Waals surface area contributed by atoms with Gasteiger partial charge in [-0.15, -0.1) is 11.3 Å². The summed E-state index contributed by atoms with van der Waals surface area (Å²) in [6, 6.07) is 13.5. The van der Waals surface area contributed by atoms with Crippen molar-refractivity contribution >= 4 is 39.4 Å². The Labute approximate surface area is 183 Å². The molecular weight excluding hydrogens is 412 g/mol. The maximum Gasteiger partial charge on any atom is 0.259 e. The molecule has 0 saturated carbocycles. The van der Waals surface area contributed by atoms with E-state index in [0.29, 0.717) is 16.2 Å². The predicted molar refractivity (Wildman–Crippen MR) is 121 cm³/mol. The third kappa shape index (κ3) is 3.97. The molecule has 0 radical (unpaired) electrons. The van der Waals surface area contributed by atoms with Crippen LogP contribution in [0.4, 0.5) is 11.1 Å². The molecule has 2 aromatic heterocycles. The van der Waals surface area contributed by atoms with Crippen LogP contribution in [-0.2, 0) is 19.5 Å². The zero-order valence-electron chi connectivity index (χ0n) is 17.0. The first kappa shape index (κ1) is 19.5. The maximum atomic E-state index is 12.9. The standard InChI is InChI=1S/C22H22N6O2S/c1-30-14-5-2-4-13(10-14)11-28-9-8-16-18(12-28)31-22(25-16)27-20(29)15-6-3-7-17-19(15)26-21(23)24-17/h2-7,10H,8-9,11-12H2,1H3,(H3,23,24,26)(H,25,27,29). The van der Waals surface area contributed by atoms with Crippen molar-refractivity contribution in [3.8, 4) is 5.75 Å². The number of anilines is 2. The van der Waals surface area contributed by atoms with Gasteiger partial charge in [0, 0.05) is 30.9 Å². The minimum atomic E-state index is -0.239. The molecule has 0 saturated heterocycles. The molecule has 9 heteroatoms. The number of para-hydroxylation sites is 1. The van der Waals surface area contributed by atoms with E-state index in [1.165, 1.54) is 21.8 Å². The van der Waals surface area contributed by atoms with Gasteiger partial charge in [-0.1, -0.05) is 18.2 Å². The summed E-state index contributed by atoms with van der Waals surface area (Å²) in [4.78, 5) is 28.3. The summed E-state index contributed by atoms with van der Waals surface area (Å²) in [5.74, 6) is 0.916. The third-order valence-corrected chi connectivity index (χ3v) is 6.34. The number of aromatic nitrogens is 3. The number of carbonyl (C=O) groups excluding carboxylic acids is 1. The van der Waals surface area contributed by atoms with Crippen LogP contribution in [0.2, 0.25) is 0 Å². The Kier molecular flexibility index (Phi) is 5.05. The van der Waals surface area contributed by atoms with E-state index in [-0.39, 0.29) is 11.9 Å². The first-order valence-electron chi connectivity index (χ1n) is 9.98. The van der Waals surface area contributed by atoms with E-state index in [9.17, 15) is 4.79 Å². The second-order valence-electron chi connectivity index (χ2n) is 7.48. The molecule has 1 aliphatic heterocycles. The summed E-state index contributed by atoms with van der Waals surface area (Å²) in [5.41, 5.74) is 9.78. The lowest BCUT2D eigenvalue weighted by Gasteiger charge is -2.25. The van der Waals surface area contributed by atoms with Gasteiger partial charge in [-0.05, 0) is 29.8 Å². The molecule has 0 unspecified atom stereocenters. The number of nitrogens with two attached hydrogens (primary N) is 1. The van der Waals surface area contributed by atoms with Gasteiger partial charge in [-0.25, -0.2) is 9.97 Å². The molecule has 8 nitrogen and oxygen atoms in total. The smallest absolute Gasteiger partial charge is 0.259 e. The minimum Gasteiger partial charge on any atom is -0.497 e. The third-order valence-electron chi connectivity index (χ3n) is 5.35. The number of methoxy groups -OCH3 is 1. The van der Waals surface area contributed by atoms with E-state index in [1.54, 1.807) is 19.2 Å². The number of aromatic amines is 1. The Morgan fingerprint density at radius 1 is 1.29 bits per heavy atom. The number of amides is 1. The number of benzene rings is 2. The molecule has 4 N–H and O–H groups in total. The molecule has 2 aromatic carbocycles. The number of fused-ring (bicyclic) bond motifs is 2. The van der Waals surface area contributed by atoms with Crippen molar-refractivity contribution in [2.24, 2.45) is 0 Å². The molecule has 3 heterocycles. The molecule has 4 aromatic rings. The number of carbonyl (C=O) groups is 1. The first-order valence-corrected chi connectivity index (χ1v) is 10.8. The number of H-pyrrole nitrogens is 1. The average molecular weight is 435 g/mol. The van der Waals surface area contributed by atoms with Crippen LogP contribution in [0, 0.1) is 0 Å². The highest BCUT2D eigenvalue weighted by Gasteiger charge is 2.22. The van der Waals surface area contributed by atoms with Gasteiger partial charge in [0.05, 0.1) is 23.9 Å². The summed E-state index contributed by atoms with van der Waals surface area (Å²) in [7, 11) is 1.68. The molecular formula is C22H22N6O2S. The number of nitrogen functional groups attached to an aromatic ring is 1. The molecule has 158 valence electrons. The summed E-state index contributed by atoms with van der Waals surface area (Å²) in [6.45, 7) is 2.58. The number of nitrogens with one attached hydrogen (secondary N) is 2. The average Bonchev–Trinajstić information content (AvgIpc) is 3.34. The number of nitrogens with zero attached hydrogens (tertiary/aromatic N) is 3. The molecule has 1 aliphatic rings. The van der Waals surface area contributed by atoms with Crippen LogP contribution in [0.25, 0.3) is 11.0 Å². The summed E-state index contributed by atoms with van der Waals surface area (Å²) in [6.07, 6.45) is 0.858. The van der Waals surface area contributed by atoms with Crippen molar-refractivity contribution in [1.29, 1.82) is 0 Å². The molecule has 0 aliphatic carbocycles. The molecule has 0 fully saturated rings. The van der Waals surface area contributed by atoms with Crippen LogP contribution in [-0.4, -0.2) is 39.4 Å². The topological polar surface area (TPSA) is 109 Å². The molecule has 1 amide bonds. The quantitative estimate of drug-likeness (QED) is 0.444. The SMILES string of the molecule is COc1cccc(CN2CCc3nc(NC(=O)c4cccc5[nH]c(N)nc45)sc3C2)c1. The Hall–Kier alpha value is -3.43. The van der Waals surface area contributed by atoms with Gasteiger partial charge < -0.3 is 15.5 Å². The maximum absolute atomic E-state index is 12.9. The summed E-state index contributed by atoms with van der Waals surface area (Å²) < 4.78 is 5.33. The van der Waals surface area contributed by atoms with E-state index in [1.807, 2.05) is 18.2 Å². The van der Waals surface area contributed by atoms with Crippen LogP contribution in [0.3, 0.4) is 0 Å². The Morgan fingerprint density at radius 2 is 2.16 bits per heavy atom. The van der Waals surface area contributed by atoms with Gasteiger partial charge in [0.15, 0.2) is 11.1 Å². The molecule has 0 bridgehead atoms. The highest BCUT2D eigenvalue weighted by Crippen LogP contribution is 2.30. The number of ether oxygens (including phenoxy) is 1. The van der Waals surface area contributed by atoms with Crippen molar-refractivity contribution in [1.82, 2.24) is 19.9 Å². The van der Waals surface area contributed by atoms with Crippen molar-refractivity contribution in [2.45, 2.75) is 19.5 Å². The fraction of sp³-hybridized carbons (Fsp3) is 0.227. The lowest BCUT2D eigenvalue weighted by Crippen LogP contribution is -2.29. The van der Waals surface area contributed by atoms with Crippen LogP contribution in [0.5, 0.6) is 5.75 Å². The molecule has 0 spiro atoms. The van der Waals surface area contributed by atoms with Crippen molar-refractivity contribution < 1.29 is 9.53 Å². The zero-order chi connectivity index (χ0) is 21.4. The second-order valence-corrected chi connectivity index (χ2v) is 8.56. The molecule has 31 heavy (non-hydrogen) atoms. The Morgan fingerprint density at radius 3 is 3.03 bits per heavy atom. The van der Waals surface area contributed by atoms with Gasteiger partial charge in [-0.3, -0.25) is 15.0 Å².